The van der Waals surface area contributed by atoms with Crippen molar-refractivity contribution in [3.05, 3.63) is 36.6 Å². The van der Waals surface area contributed by atoms with E-state index in [-0.39, 0.29) is 12.2 Å². The molecule has 1 aliphatic heterocycles. The molecule has 24 heavy (non-hydrogen) atoms. The summed E-state index contributed by atoms with van der Waals surface area (Å²) >= 11 is 8.12. The van der Waals surface area contributed by atoms with Crippen molar-refractivity contribution in [3.8, 4) is 0 Å². The third kappa shape index (κ3) is 2.43. The normalized spacial score (nSPS) is 13.4. The molecule has 3 aromatic heterocycles. The molecule has 0 atom stereocenters. The summed E-state index contributed by atoms with van der Waals surface area (Å²) in [6.07, 6.45) is 1.72. The Morgan fingerprint density at radius 3 is 3.04 bits per heavy atom. The van der Waals surface area contributed by atoms with Crippen LogP contribution in [0.4, 0.5) is 0 Å². The van der Waals surface area contributed by atoms with Crippen LogP contribution in [0.2, 0.25) is 4.34 Å². The maximum atomic E-state index is 12.6. The van der Waals surface area contributed by atoms with Gasteiger partial charge in [-0.25, -0.2) is 9.78 Å². The van der Waals surface area contributed by atoms with Crippen LogP contribution in [-0.4, -0.2) is 25.1 Å². The first-order valence-electron chi connectivity index (χ1n) is 7.23. The molecule has 0 fully saturated rings. The molecule has 7 nitrogen and oxygen atoms in total. The zero-order valence-electron chi connectivity index (χ0n) is 12.5. The van der Waals surface area contributed by atoms with Crippen LogP contribution >= 0.6 is 34.5 Å². The van der Waals surface area contributed by atoms with E-state index in [9.17, 15) is 9.59 Å². The van der Waals surface area contributed by atoms with E-state index in [2.05, 4.69) is 14.6 Å². The summed E-state index contributed by atoms with van der Waals surface area (Å²) in [5.74, 6) is 0.276. The van der Waals surface area contributed by atoms with Crippen LogP contribution in [0.5, 0.6) is 0 Å². The van der Waals surface area contributed by atoms with Crippen molar-refractivity contribution in [2.75, 3.05) is 0 Å². The third-order valence-corrected chi connectivity index (χ3v) is 6.10. The van der Waals surface area contributed by atoms with Crippen LogP contribution in [0, 0.1) is 6.92 Å². The van der Waals surface area contributed by atoms with Gasteiger partial charge in [-0.05, 0) is 18.9 Å². The lowest BCUT2D eigenvalue weighted by molar-refractivity contribution is 0.0473. The fourth-order valence-corrected chi connectivity index (χ4v) is 4.44. The van der Waals surface area contributed by atoms with Crippen LogP contribution in [0.3, 0.4) is 0 Å². The SMILES string of the molecule is Cc1c(C(=O)OCc2nnsc2Cl)sc2nc3n(c(=O)c12)CCC3. The molecule has 0 radical (unpaired) electrons. The average molecular weight is 383 g/mol. The molecule has 0 spiro atoms. The van der Waals surface area contributed by atoms with E-state index >= 15 is 0 Å². The van der Waals surface area contributed by atoms with Gasteiger partial charge in [0.15, 0.2) is 0 Å². The first-order valence-corrected chi connectivity index (χ1v) is 9.19. The van der Waals surface area contributed by atoms with E-state index in [1.807, 2.05) is 0 Å². The zero-order chi connectivity index (χ0) is 16.8. The summed E-state index contributed by atoms with van der Waals surface area (Å²) in [5, 5.41) is 4.31. The maximum absolute atomic E-state index is 12.6. The lowest BCUT2D eigenvalue weighted by Gasteiger charge is -2.02. The number of carbonyl (C=O) groups excluding carboxylic acids is 1. The van der Waals surface area contributed by atoms with E-state index in [1.54, 1.807) is 11.5 Å². The number of ether oxygens (including phenoxy) is 1. The largest absolute Gasteiger partial charge is 0.455 e. The number of aryl methyl sites for hydroxylation is 2. The van der Waals surface area contributed by atoms with E-state index in [0.29, 0.717) is 37.2 Å². The summed E-state index contributed by atoms with van der Waals surface area (Å²) in [6, 6.07) is 0. The molecular weight excluding hydrogens is 372 g/mol. The highest BCUT2D eigenvalue weighted by molar-refractivity contribution is 7.20. The Labute approximate surface area is 149 Å². The van der Waals surface area contributed by atoms with Gasteiger partial charge in [-0.3, -0.25) is 9.36 Å². The zero-order valence-corrected chi connectivity index (χ0v) is 14.9. The molecule has 0 unspecified atom stereocenters. The number of hydrogen-bond donors (Lipinski definition) is 0. The Kier molecular flexibility index (Phi) is 3.86. The predicted molar refractivity (Wildman–Crippen MR) is 91.0 cm³/mol. The Hall–Kier alpha value is -1.84. The molecule has 3 aromatic rings. The maximum Gasteiger partial charge on any atom is 0.349 e. The van der Waals surface area contributed by atoms with Gasteiger partial charge in [0.05, 0.1) is 5.39 Å². The quantitative estimate of drug-likeness (QED) is 0.647. The van der Waals surface area contributed by atoms with Crippen molar-refractivity contribution >= 4 is 50.7 Å². The molecule has 0 aliphatic carbocycles. The Morgan fingerprint density at radius 1 is 1.46 bits per heavy atom. The number of esters is 1. The van der Waals surface area contributed by atoms with Gasteiger partial charge < -0.3 is 4.74 Å². The van der Waals surface area contributed by atoms with Gasteiger partial charge in [0, 0.05) is 24.5 Å². The van der Waals surface area contributed by atoms with Gasteiger partial charge in [0.25, 0.3) is 5.56 Å². The molecule has 0 aromatic carbocycles. The van der Waals surface area contributed by atoms with Gasteiger partial charge in [-0.15, -0.1) is 16.4 Å². The molecule has 1 aliphatic rings. The van der Waals surface area contributed by atoms with Crippen LogP contribution in [0.15, 0.2) is 4.79 Å². The Balaban J connectivity index is 1.68. The smallest absolute Gasteiger partial charge is 0.349 e. The van der Waals surface area contributed by atoms with Gasteiger partial charge in [-0.1, -0.05) is 16.1 Å². The number of thiophene rings is 1. The monoisotopic (exact) mass is 382 g/mol. The molecule has 124 valence electrons. The highest BCUT2D eigenvalue weighted by atomic mass is 35.5. The van der Waals surface area contributed by atoms with Crippen molar-refractivity contribution in [1.82, 2.24) is 19.1 Å². The first-order chi connectivity index (χ1) is 11.6. The molecule has 4 rings (SSSR count). The van der Waals surface area contributed by atoms with E-state index < -0.39 is 5.97 Å². The van der Waals surface area contributed by atoms with Crippen molar-refractivity contribution in [1.29, 1.82) is 0 Å². The number of carbonyl (C=O) groups is 1. The van der Waals surface area contributed by atoms with E-state index in [0.717, 1.165) is 30.2 Å². The fraction of sp³-hybridized carbons (Fsp3) is 0.357. The lowest BCUT2D eigenvalue weighted by Crippen LogP contribution is -2.20. The molecule has 0 bridgehead atoms. The number of rotatable bonds is 3. The Morgan fingerprint density at radius 2 is 2.29 bits per heavy atom. The van der Waals surface area contributed by atoms with Crippen LogP contribution in [-0.2, 0) is 24.3 Å². The number of nitrogens with zero attached hydrogens (tertiary/aromatic N) is 4. The third-order valence-electron chi connectivity index (χ3n) is 3.95. The van der Waals surface area contributed by atoms with Crippen LogP contribution < -0.4 is 5.56 Å². The number of hydrogen-bond acceptors (Lipinski definition) is 8. The van der Waals surface area contributed by atoms with Crippen LogP contribution in [0.1, 0.15) is 33.2 Å². The second-order valence-electron chi connectivity index (χ2n) is 5.39. The summed E-state index contributed by atoms with van der Waals surface area (Å²) in [4.78, 5) is 30.5. The fourth-order valence-electron chi connectivity index (χ4n) is 2.75. The van der Waals surface area contributed by atoms with Gasteiger partial charge in [-0.2, -0.15) is 0 Å². The second-order valence-corrected chi connectivity index (χ2v) is 7.75. The Bertz CT molecular complexity index is 1020. The predicted octanol–water partition coefficient (Wildman–Crippen LogP) is 2.57. The van der Waals surface area contributed by atoms with Crippen molar-refractivity contribution in [3.63, 3.8) is 0 Å². The molecular formula is C14H11ClN4O3S2. The van der Waals surface area contributed by atoms with Crippen LogP contribution in [0.25, 0.3) is 10.2 Å². The molecule has 0 saturated heterocycles. The van der Waals surface area contributed by atoms with Gasteiger partial charge >= 0.3 is 5.97 Å². The molecule has 0 saturated carbocycles. The van der Waals surface area contributed by atoms with Gasteiger partial charge in [0.2, 0.25) is 0 Å². The van der Waals surface area contributed by atoms with Gasteiger partial charge in [0.1, 0.15) is 32.2 Å². The minimum atomic E-state index is -0.510. The number of halogens is 1. The average Bonchev–Trinajstić information content (AvgIpc) is 3.25. The minimum absolute atomic E-state index is 0.0508. The minimum Gasteiger partial charge on any atom is -0.455 e. The molecule has 0 amide bonds. The standard InChI is InChI=1S/C14H11ClN4O3S2/c1-6-9-12(16-8-3-2-4-19(8)13(9)20)23-10(6)14(21)22-5-7-11(15)24-18-17-7/h2-5H2,1H3. The highest BCUT2D eigenvalue weighted by Gasteiger charge is 2.24. The molecule has 10 heteroatoms. The lowest BCUT2D eigenvalue weighted by atomic mass is 10.2. The first kappa shape index (κ1) is 15.7. The molecule has 4 heterocycles. The summed E-state index contributed by atoms with van der Waals surface area (Å²) in [7, 11) is 0. The van der Waals surface area contributed by atoms with Crippen molar-refractivity contribution < 1.29 is 9.53 Å². The second kappa shape index (κ2) is 5.91. The number of fused-ring (bicyclic) bond motifs is 2. The summed E-state index contributed by atoms with van der Waals surface area (Å²) < 4.78 is 11.0. The van der Waals surface area contributed by atoms with Crippen molar-refractivity contribution in [2.45, 2.75) is 32.9 Å². The van der Waals surface area contributed by atoms with E-state index in [1.165, 1.54) is 11.3 Å². The van der Waals surface area contributed by atoms with Crippen molar-refractivity contribution in [2.24, 2.45) is 0 Å². The van der Waals surface area contributed by atoms with E-state index in [4.69, 9.17) is 16.3 Å². The molecule has 0 N–H and O–H groups in total. The topological polar surface area (TPSA) is 87.0 Å². The summed E-state index contributed by atoms with van der Waals surface area (Å²) in [6.45, 7) is 2.38. The summed E-state index contributed by atoms with van der Waals surface area (Å²) in [5.41, 5.74) is 0.959. The highest BCUT2D eigenvalue weighted by Crippen LogP contribution is 2.29. The number of aromatic nitrogens is 4.